The van der Waals surface area contributed by atoms with Crippen molar-refractivity contribution in [1.82, 2.24) is 0 Å². The molecule has 0 aliphatic rings. The summed E-state index contributed by atoms with van der Waals surface area (Å²) in [6.07, 6.45) is -1.15. The number of hydrogen-bond acceptors (Lipinski definition) is 3. The van der Waals surface area contributed by atoms with E-state index in [-0.39, 0.29) is 11.1 Å². The molecule has 1 atom stereocenters. The third-order valence-corrected chi connectivity index (χ3v) is 2.73. The third-order valence-electron chi connectivity index (χ3n) is 2.73. The summed E-state index contributed by atoms with van der Waals surface area (Å²) in [5.41, 5.74) is 5.55. The lowest BCUT2D eigenvalue weighted by atomic mass is 10.0. The van der Waals surface area contributed by atoms with Crippen molar-refractivity contribution in [1.29, 1.82) is 0 Å². The van der Waals surface area contributed by atoms with Crippen LogP contribution in [0.25, 0.3) is 0 Å². The summed E-state index contributed by atoms with van der Waals surface area (Å²) in [5, 5.41) is 9.15. The molecular formula is C15H13NO4. The van der Waals surface area contributed by atoms with E-state index in [1.165, 1.54) is 12.1 Å². The predicted octanol–water partition coefficient (Wildman–Crippen LogP) is 1.99. The van der Waals surface area contributed by atoms with E-state index in [2.05, 4.69) is 0 Å². The largest absolute Gasteiger partial charge is 0.478 e. The number of carboxylic acid groups (broad SMARTS) is 1. The highest BCUT2D eigenvalue weighted by Crippen LogP contribution is 2.24. The first-order chi connectivity index (χ1) is 9.59. The van der Waals surface area contributed by atoms with Crippen LogP contribution in [0.1, 0.15) is 22.0 Å². The van der Waals surface area contributed by atoms with Crippen LogP contribution in [-0.2, 0) is 4.79 Å². The Balaban J connectivity index is 2.39. The Labute approximate surface area is 115 Å². The van der Waals surface area contributed by atoms with E-state index < -0.39 is 18.0 Å². The molecule has 2 rings (SSSR count). The van der Waals surface area contributed by atoms with Crippen LogP contribution in [0.15, 0.2) is 54.6 Å². The molecule has 20 heavy (non-hydrogen) atoms. The van der Waals surface area contributed by atoms with E-state index >= 15 is 0 Å². The average Bonchev–Trinajstić information content (AvgIpc) is 2.45. The van der Waals surface area contributed by atoms with E-state index in [9.17, 15) is 9.59 Å². The van der Waals surface area contributed by atoms with Gasteiger partial charge in [0.25, 0.3) is 5.91 Å². The second-order valence-electron chi connectivity index (χ2n) is 4.11. The molecule has 2 aromatic carbocycles. The minimum Gasteiger partial charge on any atom is -0.478 e. The Kier molecular flexibility index (Phi) is 4.00. The molecule has 1 unspecified atom stereocenters. The van der Waals surface area contributed by atoms with Crippen LogP contribution in [0, 0.1) is 0 Å². The van der Waals surface area contributed by atoms with Gasteiger partial charge >= 0.3 is 5.97 Å². The van der Waals surface area contributed by atoms with Crippen LogP contribution in [0.4, 0.5) is 0 Å². The molecule has 0 radical (unpaired) electrons. The van der Waals surface area contributed by atoms with E-state index in [0.29, 0.717) is 5.75 Å². The molecule has 0 fully saturated rings. The molecule has 1 amide bonds. The molecule has 5 nitrogen and oxygen atoms in total. The van der Waals surface area contributed by atoms with Crippen LogP contribution in [0.3, 0.4) is 0 Å². The minimum absolute atomic E-state index is 0.00719. The lowest BCUT2D eigenvalue weighted by molar-refractivity contribution is -0.125. The number of nitrogens with two attached hydrogens (primary N) is 1. The second-order valence-corrected chi connectivity index (χ2v) is 4.11. The second kappa shape index (κ2) is 5.88. The maximum atomic E-state index is 11.6. The Bertz CT molecular complexity index is 625. The van der Waals surface area contributed by atoms with Gasteiger partial charge in [-0.25, -0.2) is 4.79 Å². The van der Waals surface area contributed by atoms with E-state index in [1.807, 2.05) is 0 Å². The quantitative estimate of drug-likeness (QED) is 0.870. The summed E-state index contributed by atoms with van der Waals surface area (Å²) in [6.45, 7) is 0. The fraction of sp³-hybridized carbons (Fsp3) is 0.0667. The molecule has 2 aromatic rings. The van der Waals surface area contributed by atoms with E-state index in [4.69, 9.17) is 15.6 Å². The number of carboxylic acids is 1. The number of primary amides is 1. The van der Waals surface area contributed by atoms with Gasteiger partial charge in [0, 0.05) is 5.56 Å². The van der Waals surface area contributed by atoms with Gasteiger partial charge in [-0.3, -0.25) is 4.79 Å². The van der Waals surface area contributed by atoms with Crippen LogP contribution in [0.2, 0.25) is 0 Å². The first-order valence-corrected chi connectivity index (χ1v) is 5.93. The highest BCUT2D eigenvalue weighted by Gasteiger charge is 2.25. The molecule has 0 spiro atoms. The maximum Gasteiger partial charge on any atom is 0.336 e. The minimum atomic E-state index is -1.15. The van der Waals surface area contributed by atoms with Crippen molar-refractivity contribution in [2.45, 2.75) is 6.10 Å². The third kappa shape index (κ3) is 2.95. The molecule has 0 bridgehead atoms. The van der Waals surface area contributed by atoms with Gasteiger partial charge in [-0.05, 0) is 18.2 Å². The van der Waals surface area contributed by atoms with Crippen molar-refractivity contribution in [2.75, 3.05) is 0 Å². The van der Waals surface area contributed by atoms with E-state index in [0.717, 1.165) is 0 Å². The SMILES string of the molecule is NC(=O)C(Oc1ccccc1)c1ccccc1C(=O)O. The van der Waals surface area contributed by atoms with Crippen molar-refractivity contribution in [2.24, 2.45) is 5.73 Å². The molecule has 0 saturated carbocycles. The smallest absolute Gasteiger partial charge is 0.336 e. The van der Waals surface area contributed by atoms with Crippen molar-refractivity contribution >= 4 is 11.9 Å². The molecule has 0 heterocycles. The van der Waals surface area contributed by atoms with Crippen LogP contribution < -0.4 is 10.5 Å². The predicted molar refractivity (Wildman–Crippen MR) is 72.4 cm³/mol. The zero-order chi connectivity index (χ0) is 14.5. The topological polar surface area (TPSA) is 89.6 Å². The van der Waals surface area contributed by atoms with Gasteiger partial charge in [-0.2, -0.15) is 0 Å². The normalized spacial score (nSPS) is 11.6. The zero-order valence-corrected chi connectivity index (χ0v) is 10.5. The number of benzene rings is 2. The molecule has 0 aliphatic carbocycles. The molecule has 0 aromatic heterocycles. The highest BCUT2D eigenvalue weighted by molar-refractivity contribution is 5.92. The van der Waals surface area contributed by atoms with Crippen LogP contribution in [-0.4, -0.2) is 17.0 Å². The van der Waals surface area contributed by atoms with Crippen molar-refractivity contribution in [3.8, 4) is 5.75 Å². The molecule has 0 aliphatic heterocycles. The van der Waals surface area contributed by atoms with Crippen LogP contribution in [0.5, 0.6) is 5.75 Å². The first-order valence-electron chi connectivity index (χ1n) is 5.93. The number of carbonyl (C=O) groups is 2. The number of carbonyl (C=O) groups excluding carboxylic acids is 1. The standard InChI is InChI=1S/C15H13NO4/c16-14(17)13(20-10-6-2-1-3-7-10)11-8-4-5-9-12(11)15(18)19/h1-9,13H,(H2,16,17)(H,18,19). The lowest BCUT2D eigenvalue weighted by Gasteiger charge is -2.18. The summed E-state index contributed by atoms with van der Waals surface area (Å²) in [5.74, 6) is -1.44. The van der Waals surface area contributed by atoms with Crippen LogP contribution >= 0.6 is 0 Å². The van der Waals surface area contributed by atoms with Gasteiger partial charge in [0.15, 0.2) is 0 Å². The van der Waals surface area contributed by atoms with Crippen molar-refractivity contribution < 1.29 is 19.4 Å². The molecule has 0 saturated heterocycles. The summed E-state index contributed by atoms with van der Waals surface area (Å²) < 4.78 is 5.51. The molecule has 5 heteroatoms. The summed E-state index contributed by atoms with van der Waals surface area (Å²) >= 11 is 0. The number of aromatic carboxylic acids is 1. The fourth-order valence-electron chi connectivity index (χ4n) is 1.83. The van der Waals surface area contributed by atoms with Crippen molar-refractivity contribution in [3.05, 3.63) is 65.7 Å². The number of rotatable bonds is 5. The number of hydrogen-bond donors (Lipinski definition) is 2. The Morgan fingerprint density at radius 3 is 2.20 bits per heavy atom. The first kappa shape index (κ1) is 13.6. The summed E-state index contributed by atoms with van der Waals surface area (Å²) in [4.78, 5) is 22.8. The fourth-order valence-corrected chi connectivity index (χ4v) is 1.83. The molecule has 102 valence electrons. The number of ether oxygens (including phenoxy) is 1. The van der Waals surface area contributed by atoms with Crippen molar-refractivity contribution in [3.63, 3.8) is 0 Å². The highest BCUT2D eigenvalue weighted by atomic mass is 16.5. The van der Waals surface area contributed by atoms with Gasteiger partial charge in [-0.15, -0.1) is 0 Å². The summed E-state index contributed by atoms with van der Waals surface area (Å²) in [7, 11) is 0. The summed E-state index contributed by atoms with van der Waals surface area (Å²) in [6, 6.07) is 14.8. The van der Waals surface area contributed by atoms with Gasteiger partial charge in [0.1, 0.15) is 5.75 Å². The Hall–Kier alpha value is -2.82. The zero-order valence-electron chi connectivity index (χ0n) is 10.5. The lowest BCUT2D eigenvalue weighted by Crippen LogP contribution is -2.27. The Morgan fingerprint density at radius 1 is 1.00 bits per heavy atom. The van der Waals surface area contributed by atoms with Gasteiger partial charge < -0.3 is 15.6 Å². The van der Waals surface area contributed by atoms with E-state index in [1.54, 1.807) is 42.5 Å². The number of para-hydroxylation sites is 1. The van der Waals surface area contributed by atoms with Gasteiger partial charge in [0.2, 0.25) is 6.10 Å². The molecule has 3 N–H and O–H groups in total. The molecular weight excluding hydrogens is 258 g/mol. The number of amides is 1. The van der Waals surface area contributed by atoms with Gasteiger partial charge in [0.05, 0.1) is 5.56 Å². The maximum absolute atomic E-state index is 11.6. The monoisotopic (exact) mass is 271 g/mol. The average molecular weight is 271 g/mol. The Morgan fingerprint density at radius 2 is 1.60 bits per heavy atom. The van der Waals surface area contributed by atoms with Gasteiger partial charge in [-0.1, -0.05) is 36.4 Å².